The number of amides is 1. The van der Waals surface area contributed by atoms with Crippen LogP contribution in [0.5, 0.6) is 5.88 Å². The molecule has 2 rings (SSSR count). The number of benzene rings is 1. The summed E-state index contributed by atoms with van der Waals surface area (Å²) in [6, 6.07) is 7.40. The first kappa shape index (κ1) is 13.7. The number of hydrogen-bond donors (Lipinski definition) is 1. The van der Waals surface area contributed by atoms with E-state index in [1.807, 2.05) is 22.6 Å². The predicted octanol–water partition coefficient (Wildman–Crippen LogP) is 3.09. The second-order valence-corrected chi connectivity index (χ2v) is 4.80. The Bertz CT molecular complexity index is 619. The summed E-state index contributed by atoms with van der Waals surface area (Å²) < 4.78 is 18.6. The molecule has 0 unspecified atom stereocenters. The quantitative estimate of drug-likeness (QED) is 0.843. The van der Waals surface area contributed by atoms with Crippen molar-refractivity contribution >= 4 is 34.2 Å². The lowest BCUT2D eigenvalue weighted by molar-refractivity contribution is 0.102. The Kier molecular flexibility index (Phi) is 4.31. The lowest BCUT2D eigenvalue weighted by atomic mass is 10.2. The fraction of sp³-hybridized carbons (Fsp3) is 0.0769. The zero-order chi connectivity index (χ0) is 13.8. The van der Waals surface area contributed by atoms with Crippen molar-refractivity contribution in [1.29, 1.82) is 0 Å². The first-order chi connectivity index (χ1) is 9.11. The average Bonchev–Trinajstić information content (AvgIpc) is 2.41. The Morgan fingerprint density at radius 2 is 2.21 bits per heavy atom. The zero-order valence-electron chi connectivity index (χ0n) is 9.98. The highest BCUT2D eigenvalue weighted by Gasteiger charge is 2.14. The number of halogens is 2. The fourth-order valence-electron chi connectivity index (χ4n) is 1.51. The van der Waals surface area contributed by atoms with E-state index in [2.05, 4.69) is 10.3 Å². The SMILES string of the molecule is COc1ncccc1C(=O)Nc1ccc(F)cc1I. The second kappa shape index (κ2) is 5.96. The Hall–Kier alpha value is -1.70. The van der Waals surface area contributed by atoms with Gasteiger partial charge >= 0.3 is 0 Å². The number of nitrogens with one attached hydrogen (secondary N) is 1. The van der Waals surface area contributed by atoms with E-state index in [1.54, 1.807) is 12.1 Å². The normalized spacial score (nSPS) is 10.1. The summed E-state index contributed by atoms with van der Waals surface area (Å²) in [7, 11) is 1.45. The van der Waals surface area contributed by atoms with Crippen molar-refractivity contribution < 1.29 is 13.9 Å². The van der Waals surface area contributed by atoms with E-state index in [0.29, 0.717) is 14.8 Å². The van der Waals surface area contributed by atoms with E-state index in [9.17, 15) is 9.18 Å². The van der Waals surface area contributed by atoms with Gasteiger partial charge in [-0.3, -0.25) is 4.79 Å². The third-order valence-electron chi connectivity index (χ3n) is 2.39. The number of aromatic nitrogens is 1. The molecule has 1 N–H and O–H groups in total. The van der Waals surface area contributed by atoms with E-state index in [0.717, 1.165) is 0 Å². The van der Waals surface area contributed by atoms with Crippen molar-refractivity contribution in [1.82, 2.24) is 4.98 Å². The lowest BCUT2D eigenvalue weighted by Crippen LogP contribution is -2.14. The van der Waals surface area contributed by atoms with Gasteiger partial charge in [0.2, 0.25) is 5.88 Å². The van der Waals surface area contributed by atoms with Crippen molar-refractivity contribution in [3.8, 4) is 5.88 Å². The molecule has 0 bridgehead atoms. The molecule has 1 amide bonds. The highest BCUT2D eigenvalue weighted by Crippen LogP contribution is 2.21. The molecular formula is C13H10FIN2O2. The first-order valence-electron chi connectivity index (χ1n) is 5.37. The number of carbonyl (C=O) groups is 1. The molecule has 0 aliphatic rings. The molecule has 0 atom stereocenters. The number of hydrogen-bond acceptors (Lipinski definition) is 3. The Labute approximate surface area is 123 Å². The summed E-state index contributed by atoms with van der Waals surface area (Å²) in [5.74, 6) is -0.451. The molecule has 0 saturated heterocycles. The zero-order valence-corrected chi connectivity index (χ0v) is 12.1. The summed E-state index contributed by atoms with van der Waals surface area (Å²) in [6.45, 7) is 0. The van der Waals surface area contributed by atoms with E-state index >= 15 is 0 Å². The highest BCUT2D eigenvalue weighted by molar-refractivity contribution is 14.1. The van der Waals surface area contributed by atoms with Crippen LogP contribution in [0.25, 0.3) is 0 Å². The molecule has 1 aromatic carbocycles. The van der Waals surface area contributed by atoms with E-state index in [1.165, 1.54) is 31.5 Å². The maximum atomic E-state index is 13.0. The highest BCUT2D eigenvalue weighted by atomic mass is 127. The average molecular weight is 372 g/mol. The standard InChI is InChI=1S/C13H10FIN2O2/c1-19-13-9(3-2-6-16-13)12(18)17-11-5-4-8(14)7-10(11)15/h2-7H,1H3,(H,17,18). The molecule has 0 aliphatic heterocycles. The molecule has 19 heavy (non-hydrogen) atoms. The molecule has 0 fully saturated rings. The monoisotopic (exact) mass is 372 g/mol. The van der Waals surface area contributed by atoms with Crippen LogP contribution in [-0.2, 0) is 0 Å². The van der Waals surface area contributed by atoms with E-state index in [4.69, 9.17) is 4.74 Å². The van der Waals surface area contributed by atoms with Gasteiger partial charge < -0.3 is 10.1 Å². The molecule has 0 aliphatic carbocycles. The largest absolute Gasteiger partial charge is 0.480 e. The second-order valence-electron chi connectivity index (χ2n) is 3.64. The fourth-order valence-corrected chi connectivity index (χ4v) is 2.12. The van der Waals surface area contributed by atoms with Gasteiger partial charge in [0.15, 0.2) is 0 Å². The van der Waals surface area contributed by atoms with Crippen molar-refractivity contribution in [2.45, 2.75) is 0 Å². The number of methoxy groups -OCH3 is 1. The van der Waals surface area contributed by atoms with Crippen LogP contribution >= 0.6 is 22.6 Å². The molecule has 0 radical (unpaired) electrons. The molecular weight excluding hydrogens is 362 g/mol. The predicted molar refractivity (Wildman–Crippen MR) is 77.9 cm³/mol. The lowest BCUT2D eigenvalue weighted by Gasteiger charge is -2.09. The molecule has 6 heteroatoms. The van der Waals surface area contributed by atoms with Gasteiger partial charge in [0.25, 0.3) is 5.91 Å². The summed E-state index contributed by atoms with van der Waals surface area (Å²) in [5, 5.41) is 2.70. The number of carbonyl (C=O) groups excluding carboxylic acids is 1. The smallest absolute Gasteiger partial charge is 0.261 e. The van der Waals surface area contributed by atoms with Crippen LogP contribution in [-0.4, -0.2) is 18.0 Å². The molecule has 4 nitrogen and oxygen atoms in total. The topological polar surface area (TPSA) is 51.2 Å². The van der Waals surface area contributed by atoms with E-state index < -0.39 is 0 Å². The van der Waals surface area contributed by atoms with Crippen LogP contribution in [0.2, 0.25) is 0 Å². The van der Waals surface area contributed by atoms with Crippen molar-refractivity contribution in [3.05, 3.63) is 51.5 Å². The van der Waals surface area contributed by atoms with Gasteiger partial charge in [-0.2, -0.15) is 0 Å². The summed E-state index contributed by atoms with van der Waals surface area (Å²) in [4.78, 5) is 16.1. The van der Waals surface area contributed by atoms with Gasteiger partial charge in [0.05, 0.1) is 12.8 Å². The van der Waals surface area contributed by atoms with Gasteiger partial charge in [-0.25, -0.2) is 9.37 Å². The van der Waals surface area contributed by atoms with Crippen LogP contribution < -0.4 is 10.1 Å². The molecule has 1 heterocycles. The van der Waals surface area contributed by atoms with Gasteiger partial charge in [0.1, 0.15) is 11.4 Å². The molecule has 98 valence electrons. The van der Waals surface area contributed by atoms with Crippen molar-refractivity contribution in [2.24, 2.45) is 0 Å². The summed E-state index contributed by atoms with van der Waals surface area (Å²) in [5.41, 5.74) is 0.864. The summed E-state index contributed by atoms with van der Waals surface area (Å²) >= 11 is 1.96. The van der Waals surface area contributed by atoms with Gasteiger partial charge in [-0.05, 0) is 52.9 Å². The molecule has 2 aromatic rings. The minimum absolute atomic E-state index is 0.247. The number of anilines is 1. The summed E-state index contributed by atoms with van der Waals surface area (Å²) in [6.07, 6.45) is 1.54. The van der Waals surface area contributed by atoms with Crippen LogP contribution in [0.15, 0.2) is 36.5 Å². The minimum atomic E-state index is -0.352. The molecule has 0 spiro atoms. The maximum absolute atomic E-state index is 13.0. The van der Waals surface area contributed by atoms with E-state index in [-0.39, 0.29) is 17.6 Å². The van der Waals surface area contributed by atoms with Gasteiger partial charge in [-0.1, -0.05) is 0 Å². The number of pyridine rings is 1. The van der Waals surface area contributed by atoms with Crippen LogP contribution in [0, 0.1) is 9.39 Å². The minimum Gasteiger partial charge on any atom is -0.480 e. The van der Waals surface area contributed by atoms with Crippen LogP contribution in [0.3, 0.4) is 0 Å². The third kappa shape index (κ3) is 3.19. The van der Waals surface area contributed by atoms with Crippen molar-refractivity contribution in [2.75, 3.05) is 12.4 Å². The Morgan fingerprint density at radius 3 is 2.89 bits per heavy atom. The molecule has 1 aromatic heterocycles. The first-order valence-corrected chi connectivity index (χ1v) is 6.45. The number of ether oxygens (including phenoxy) is 1. The molecule has 0 saturated carbocycles. The van der Waals surface area contributed by atoms with Crippen LogP contribution in [0.4, 0.5) is 10.1 Å². The Balaban J connectivity index is 2.26. The maximum Gasteiger partial charge on any atom is 0.261 e. The number of nitrogens with zero attached hydrogens (tertiary/aromatic N) is 1. The van der Waals surface area contributed by atoms with Gasteiger partial charge in [0, 0.05) is 9.77 Å². The third-order valence-corrected chi connectivity index (χ3v) is 3.28. The van der Waals surface area contributed by atoms with Crippen LogP contribution in [0.1, 0.15) is 10.4 Å². The van der Waals surface area contributed by atoms with Crippen molar-refractivity contribution in [3.63, 3.8) is 0 Å². The number of rotatable bonds is 3. The van der Waals surface area contributed by atoms with Gasteiger partial charge in [-0.15, -0.1) is 0 Å². The Morgan fingerprint density at radius 1 is 1.42 bits per heavy atom.